The number of hydrogen-bond acceptors (Lipinski definition) is 5. The van der Waals surface area contributed by atoms with E-state index in [1.54, 1.807) is 31.1 Å². The third-order valence-electron chi connectivity index (χ3n) is 2.56. The van der Waals surface area contributed by atoms with E-state index in [4.69, 9.17) is 4.74 Å². The van der Waals surface area contributed by atoms with Gasteiger partial charge in [-0.3, -0.25) is 0 Å². The van der Waals surface area contributed by atoms with Gasteiger partial charge in [0.25, 0.3) is 0 Å². The Labute approximate surface area is 109 Å². The van der Waals surface area contributed by atoms with E-state index in [2.05, 4.69) is 15.3 Å². The number of rotatable bonds is 5. The highest BCUT2D eigenvalue weighted by Gasteiger charge is 2.23. The van der Waals surface area contributed by atoms with Gasteiger partial charge in [-0.15, -0.1) is 5.10 Å². The van der Waals surface area contributed by atoms with Crippen molar-refractivity contribution in [2.75, 3.05) is 13.3 Å². The van der Waals surface area contributed by atoms with E-state index in [9.17, 15) is 9.18 Å². The quantitative estimate of drug-likeness (QED) is 0.750. The van der Waals surface area contributed by atoms with Gasteiger partial charge in [-0.2, -0.15) is 0 Å². The highest BCUT2D eigenvalue weighted by atomic mass is 19.1. The van der Waals surface area contributed by atoms with Crippen molar-refractivity contribution in [3.05, 3.63) is 18.2 Å². The molecule has 8 heteroatoms. The van der Waals surface area contributed by atoms with E-state index in [0.717, 1.165) is 0 Å². The Hall–Kier alpha value is -2.25. The van der Waals surface area contributed by atoms with Crippen molar-refractivity contribution in [1.82, 2.24) is 24.5 Å². The predicted molar refractivity (Wildman–Crippen MR) is 64.2 cm³/mol. The second-order valence-corrected chi connectivity index (χ2v) is 3.81. The minimum absolute atomic E-state index is 0.0208. The van der Waals surface area contributed by atoms with Gasteiger partial charge >= 0.3 is 5.97 Å². The Morgan fingerprint density at radius 2 is 2.32 bits per heavy atom. The summed E-state index contributed by atoms with van der Waals surface area (Å²) in [5, 5.41) is 7.57. The normalized spacial score (nSPS) is 10.7. The number of esters is 1. The lowest BCUT2D eigenvalue weighted by atomic mass is 10.2. The number of aryl methyl sites for hydroxylation is 2. The van der Waals surface area contributed by atoms with Crippen molar-refractivity contribution in [3.8, 4) is 11.4 Å². The molecule has 2 aromatic heterocycles. The Bertz CT molecular complexity index is 577. The highest BCUT2D eigenvalue weighted by molar-refractivity contribution is 5.93. The van der Waals surface area contributed by atoms with Crippen LogP contribution in [-0.2, 0) is 18.3 Å². The van der Waals surface area contributed by atoms with Gasteiger partial charge in [0.1, 0.15) is 12.4 Å². The minimum Gasteiger partial charge on any atom is -0.461 e. The molecule has 0 aliphatic carbocycles. The van der Waals surface area contributed by atoms with Gasteiger partial charge in [0.05, 0.1) is 31.4 Å². The fraction of sp³-hybridized carbons (Fsp3) is 0.455. The average Bonchev–Trinajstić information content (AvgIpc) is 2.96. The molecule has 2 heterocycles. The van der Waals surface area contributed by atoms with Crippen LogP contribution in [0.15, 0.2) is 12.5 Å². The number of imidazole rings is 1. The Balaban J connectivity index is 2.51. The number of nitrogens with zero attached hydrogens (tertiary/aromatic N) is 5. The van der Waals surface area contributed by atoms with Gasteiger partial charge in [-0.25, -0.2) is 18.9 Å². The summed E-state index contributed by atoms with van der Waals surface area (Å²) in [5.41, 5.74) is 1.11. The molecule has 2 rings (SSSR count). The molecule has 0 saturated carbocycles. The zero-order valence-corrected chi connectivity index (χ0v) is 10.7. The number of carbonyl (C=O) groups is 1. The molecule has 19 heavy (non-hydrogen) atoms. The zero-order valence-electron chi connectivity index (χ0n) is 10.7. The molecular weight excluding hydrogens is 253 g/mol. The molecule has 7 nitrogen and oxygen atoms in total. The van der Waals surface area contributed by atoms with Crippen molar-refractivity contribution < 1.29 is 13.9 Å². The second-order valence-electron chi connectivity index (χ2n) is 3.81. The lowest BCUT2D eigenvalue weighted by molar-refractivity contribution is 0.0520. The number of aromatic nitrogens is 5. The molecule has 0 saturated heterocycles. The molecule has 0 radical (unpaired) electrons. The molecule has 0 fully saturated rings. The number of ether oxygens (including phenoxy) is 1. The summed E-state index contributed by atoms with van der Waals surface area (Å²) in [4.78, 5) is 15.8. The standard InChI is InChI=1S/C11H14FN5O2/c1-3-19-11(18)9-10(8-6-13-7-16(8)2)17(5-4-12)15-14-9/h6-7H,3-5H2,1-2H3. The van der Waals surface area contributed by atoms with Crippen LogP contribution in [0.3, 0.4) is 0 Å². The Morgan fingerprint density at radius 1 is 1.53 bits per heavy atom. The largest absolute Gasteiger partial charge is 0.461 e. The molecule has 102 valence electrons. The summed E-state index contributed by atoms with van der Waals surface area (Å²) in [7, 11) is 1.77. The van der Waals surface area contributed by atoms with Crippen LogP contribution in [0.2, 0.25) is 0 Å². The topological polar surface area (TPSA) is 74.8 Å². The van der Waals surface area contributed by atoms with Crippen molar-refractivity contribution in [2.45, 2.75) is 13.5 Å². The molecule has 0 bridgehead atoms. The predicted octanol–water partition coefficient (Wildman–Crippen LogP) is 0.825. The number of hydrogen-bond donors (Lipinski definition) is 0. The molecule has 0 unspecified atom stereocenters. The monoisotopic (exact) mass is 267 g/mol. The maximum atomic E-state index is 12.5. The van der Waals surface area contributed by atoms with E-state index in [1.807, 2.05) is 0 Å². The van der Waals surface area contributed by atoms with Crippen LogP contribution in [0.1, 0.15) is 17.4 Å². The first-order chi connectivity index (χ1) is 9.19. The van der Waals surface area contributed by atoms with Crippen LogP contribution in [-0.4, -0.2) is 43.8 Å². The van der Waals surface area contributed by atoms with Crippen molar-refractivity contribution in [1.29, 1.82) is 0 Å². The van der Waals surface area contributed by atoms with Crippen LogP contribution >= 0.6 is 0 Å². The summed E-state index contributed by atoms with van der Waals surface area (Å²) in [5.74, 6) is -0.580. The SMILES string of the molecule is CCOC(=O)c1nnn(CCF)c1-c1cncn1C. The van der Waals surface area contributed by atoms with Crippen molar-refractivity contribution in [2.24, 2.45) is 7.05 Å². The number of carbonyl (C=O) groups excluding carboxylic acids is 1. The number of alkyl halides is 1. The van der Waals surface area contributed by atoms with Gasteiger partial charge in [0, 0.05) is 7.05 Å². The van der Waals surface area contributed by atoms with Crippen molar-refractivity contribution >= 4 is 5.97 Å². The van der Waals surface area contributed by atoms with E-state index < -0.39 is 12.6 Å². The summed E-state index contributed by atoms with van der Waals surface area (Å²) in [6, 6.07) is 0. The fourth-order valence-corrected chi connectivity index (χ4v) is 1.73. The molecule has 0 amide bonds. The van der Waals surface area contributed by atoms with E-state index >= 15 is 0 Å². The van der Waals surface area contributed by atoms with Crippen LogP contribution in [0.5, 0.6) is 0 Å². The molecule has 0 spiro atoms. The molecule has 0 N–H and O–H groups in total. The van der Waals surface area contributed by atoms with Gasteiger partial charge in [0.2, 0.25) is 0 Å². The maximum Gasteiger partial charge on any atom is 0.361 e. The van der Waals surface area contributed by atoms with Gasteiger partial charge in [0.15, 0.2) is 5.69 Å². The van der Waals surface area contributed by atoms with Gasteiger partial charge in [-0.05, 0) is 6.92 Å². The van der Waals surface area contributed by atoms with Crippen molar-refractivity contribution in [3.63, 3.8) is 0 Å². The molecule has 2 aromatic rings. The Kier molecular flexibility index (Phi) is 3.88. The number of halogens is 1. The third-order valence-corrected chi connectivity index (χ3v) is 2.56. The van der Waals surface area contributed by atoms with Crippen LogP contribution < -0.4 is 0 Å². The Morgan fingerprint density at radius 3 is 2.89 bits per heavy atom. The lowest BCUT2D eigenvalue weighted by Crippen LogP contribution is -2.10. The minimum atomic E-state index is -0.601. The molecular formula is C11H14FN5O2. The van der Waals surface area contributed by atoms with E-state index in [-0.39, 0.29) is 18.8 Å². The van der Waals surface area contributed by atoms with E-state index in [1.165, 1.54) is 4.68 Å². The molecule has 0 aliphatic heterocycles. The van der Waals surface area contributed by atoms with E-state index in [0.29, 0.717) is 11.4 Å². The first-order valence-corrected chi connectivity index (χ1v) is 5.82. The fourth-order valence-electron chi connectivity index (χ4n) is 1.73. The first-order valence-electron chi connectivity index (χ1n) is 5.82. The zero-order chi connectivity index (χ0) is 13.8. The summed E-state index contributed by atoms with van der Waals surface area (Å²) in [6.07, 6.45) is 3.15. The summed E-state index contributed by atoms with van der Waals surface area (Å²) < 4.78 is 20.5. The van der Waals surface area contributed by atoms with Crippen LogP contribution in [0, 0.1) is 0 Å². The first kappa shape index (κ1) is 13.2. The molecule has 0 aromatic carbocycles. The summed E-state index contributed by atoms with van der Waals surface area (Å²) >= 11 is 0. The lowest BCUT2D eigenvalue weighted by Gasteiger charge is -2.06. The molecule has 0 aliphatic rings. The third kappa shape index (κ3) is 2.47. The van der Waals surface area contributed by atoms with Gasteiger partial charge in [-0.1, -0.05) is 5.21 Å². The second kappa shape index (κ2) is 5.59. The van der Waals surface area contributed by atoms with Gasteiger partial charge < -0.3 is 9.30 Å². The summed E-state index contributed by atoms with van der Waals surface area (Å²) in [6.45, 7) is 1.36. The van der Waals surface area contributed by atoms with Crippen LogP contribution in [0.25, 0.3) is 11.4 Å². The smallest absolute Gasteiger partial charge is 0.361 e. The maximum absolute atomic E-state index is 12.5. The van der Waals surface area contributed by atoms with Crippen LogP contribution in [0.4, 0.5) is 4.39 Å². The average molecular weight is 267 g/mol. The molecule has 0 atom stereocenters. The highest BCUT2D eigenvalue weighted by Crippen LogP contribution is 2.22.